The number of rotatable bonds is 7. The van der Waals surface area contributed by atoms with Gasteiger partial charge in [0.05, 0.1) is 12.8 Å². The third kappa shape index (κ3) is 4.81. The van der Waals surface area contributed by atoms with Crippen LogP contribution in [0.25, 0.3) is 0 Å². The third-order valence-electron chi connectivity index (χ3n) is 3.42. The van der Waals surface area contributed by atoms with Crippen molar-refractivity contribution in [3.8, 4) is 11.5 Å². The first-order valence-corrected chi connectivity index (χ1v) is 7.73. The molecule has 0 aliphatic rings. The number of nitrogens with one attached hydrogen (secondary N) is 2. The van der Waals surface area contributed by atoms with Gasteiger partial charge in [0.2, 0.25) is 5.95 Å². The molecule has 3 rings (SSSR count). The van der Waals surface area contributed by atoms with Crippen LogP contribution in [0.5, 0.6) is 11.5 Å². The molecule has 0 bridgehead atoms. The quantitative estimate of drug-likeness (QED) is 0.687. The van der Waals surface area contributed by atoms with Crippen LogP contribution in [0.4, 0.5) is 5.95 Å². The van der Waals surface area contributed by atoms with Gasteiger partial charge in [0.25, 0.3) is 5.56 Å². The predicted molar refractivity (Wildman–Crippen MR) is 93.7 cm³/mol. The van der Waals surface area contributed by atoms with E-state index in [9.17, 15) is 4.79 Å². The van der Waals surface area contributed by atoms with Crippen LogP contribution >= 0.6 is 0 Å². The fourth-order valence-electron chi connectivity index (χ4n) is 2.18. The Labute approximate surface area is 144 Å². The third-order valence-corrected chi connectivity index (χ3v) is 3.42. The number of anilines is 1. The summed E-state index contributed by atoms with van der Waals surface area (Å²) in [6, 6.07) is 12.4. The second kappa shape index (κ2) is 7.96. The molecular formula is C18H18N4O3. The molecule has 0 aliphatic carbocycles. The van der Waals surface area contributed by atoms with Crippen molar-refractivity contribution in [3.63, 3.8) is 0 Å². The van der Waals surface area contributed by atoms with Crippen molar-refractivity contribution in [1.29, 1.82) is 0 Å². The number of hydrogen-bond donors (Lipinski definition) is 2. The molecule has 0 fully saturated rings. The smallest absolute Gasteiger partial charge is 0.252 e. The van der Waals surface area contributed by atoms with E-state index in [2.05, 4.69) is 20.3 Å². The monoisotopic (exact) mass is 338 g/mol. The molecule has 25 heavy (non-hydrogen) atoms. The molecule has 0 saturated heterocycles. The zero-order chi connectivity index (χ0) is 17.5. The Morgan fingerprint density at radius 3 is 2.68 bits per heavy atom. The van der Waals surface area contributed by atoms with Crippen LogP contribution in [0.3, 0.4) is 0 Å². The largest absolute Gasteiger partial charge is 0.497 e. The topological polar surface area (TPSA) is 89.1 Å². The van der Waals surface area contributed by atoms with Crippen molar-refractivity contribution < 1.29 is 9.47 Å². The maximum atomic E-state index is 11.8. The lowest BCUT2D eigenvalue weighted by atomic mass is 10.3. The molecular weight excluding hydrogens is 320 g/mol. The zero-order valence-electron chi connectivity index (χ0n) is 13.7. The van der Waals surface area contributed by atoms with E-state index in [4.69, 9.17) is 9.47 Å². The summed E-state index contributed by atoms with van der Waals surface area (Å²) in [4.78, 5) is 22.9. The number of H-pyrrole nitrogens is 1. The van der Waals surface area contributed by atoms with Gasteiger partial charge in [-0.05, 0) is 35.9 Å². The Hall–Kier alpha value is -3.35. The summed E-state index contributed by atoms with van der Waals surface area (Å²) in [5.74, 6) is 1.82. The SMILES string of the molecule is COc1ccc(OCc2cc(=O)[nH]c(NCc3cccnc3)n2)cc1. The van der Waals surface area contributed by atoms with Gasteiger partial charge in [-0.2, -0.15) is 0 Å². The van der Waals surface area contributed by atoms with Crippen LogP contribution in [0, 0.1) is 0 Å². The van der Waals surface area contributed by atoms with E-state index in [1.807, 2.05) is 12.1 Å². The lowest BCUT2D eigenvalue weighted by Crippen LogP contribution is -2.15. The molecule has 1 aromatic carbocycles. The van der Waals surface area contributed by atoms with Crippen molar-refractivity contribution in [2.45, 2.75) is 13.2 Å². The maximum Gasteiger partial charge on any atom is 0.252 e. The summed E-state index contributed by atoms with van der Waals surface area (Å²) < 4.78 is 10.8. The van der Waals surface area contributed by atoms with Crippen LogP contribution in [0.15, 0.2) is 59.7 Å². The summed E-state index contributed by atoms with van der Waals surface area (Å²) in [7, 11) is 1.61. The van der Waals surface area contributed by atoms with Gasteiger partial charge in [-0.15, -0.1) is 0 Å². The number of ether oxygens (including phenoxy) is 2. The van der Waals surface area contributed by atoms with E-state index < -0.39 is 0 Å². The van der Waals surface area contributed by atoms with E-state index in [1.165, 1.54) is 6.07 Å². The number of aromatic nitrogens is 3. The van der Waals surface area contributed by atoms with Crippen molar-refractivity contribution in [2.75, 3.05) is 12.4 Å². The first-order chi connectivity index (χ1) is 12.2. The minimum atomic E-state index is -0.239. The second-order valence-electron chi connectivity index (χ2n) is 5.26. The van der Waals surface area contributed by atoms with Crippen LogP contribution in [-0.4, -0.2) is 22.1 Å². The van der Waals surface area contributed by atoms with E-state index in [-0.39, 0.29) is 12.2 Å². The minimum Gasteiger partial charge on any atom is -0.497 e. The van der Waals surface area contributed by atoms with Gasteiger partial charge in [-0.1, -0.05) is 6.07 Å². The standard InChI is InChI=1S/C18H18N4O3/c1-24-15-4-6-16(7-5-15)25-12-14-9-17(23)22-18(21-14)20-11-13-3-2-8-19-10-13/h2-10H,11-12H2,1H3,(H2,20,21,22,23). The summed E-state index contributed by atoms with van der Waals surface area (Å²) in [6.07, 6.45) is 3.46. The normalized spacial score (nSPS) is 10.3. The average molecular weight is 338 g/mol. The van der Waals surface area contributed by atoms with Crippen molar-refractivity contribution >= 4 is 5.95 Å². The molecule has 7 heteroatoms. The van der Waals surface area contributed by atoms with Gasteiger partial charge < -0.3 is 14.8 Å². The first-order valence-electron chi connectivity index (χ1n) is 7.73. The fourth-order valence-corrected chi connectivity index (χ4v) is 2.18. The van der Waals surface area contributed by atoms with Gasteiger partial charge in [0, 0.05) is 25.0 Å². The summed E-state index contributed by atoms with van der Waals surface area (Å²) >= 11 is 0. The lowest BCUT2D eigenvalue weighted by Gasteiger charge is -2.09. The van der Waals surface area contributed by atoms with E-state index in [1.54, 1.807) is 43.8 Å². The van der Waals surface area contributed by atoms with Crippen LogP contribution < -0.4 is 20.3 Å². The van der Waals surface area contributed by atoms with Gasteiger partial charge >= 0.3 is 0 Å². The molecule has 0 saturated carbocycles. The Bertz CT molecular complexity index is 863. The highest BCUT2D eigenvalue weighted by Crippen LogP contribution is 2.17. The molecule has 128 valence electrons. The molecule has 0 spiro atoms. The summed E-state index contributed by atoms with van der Waals surface area (Å²) in [6.45, 7) is 0.706. The minimum absolute atomic E-state index is 0.192. The van der Waals surface area contributed by atoms with Crippen LogP contribution in [0.2, 0.25) is 0 Å². The van der Waals surface area contributed by atoms with Crippen LogP contribution in [-0.2, 0) is 13.2 Å². The number of methoxy groups -OCH3 is 1. The van der Waals surface area contributed by atoms with Crippen molar-refractivity contribution in [1.82, 2.24) is 15.0 Å². The van der Waals surface area contributed by atoms with E-state index in [0.29, 0.717) is 23.9 Å². The Kier molecular flexibility index (Phi) is 5.26. The Morgan fingerprint density at radius 2 is 1.96 bits per heavy atom. The molecule has 2 N–H and O–H groups in total. The highest BCUT2D eigenvalue weighted by molar-refractivity contribution is 5.31. The highest BCUT2D eigenvalue weighted by Gasteiger charge is 2.03. The van der Waals surface area contributed by atoms with Crippen molar-refractivity contribution in [2.24, 2.45) is 0 Å². The number of benzene rings is 1. The van der Waals surface area contributed by atoms with Gasteiger partial charge in [0.15, 0.2) is 0 Å². The van der Waals surface area contributed by atoms with Crippen molar-refractivity contribution in [3.05, 3.63) is 76.5 Å². The Balaban J connectivity index is 1.63. The molecule has 2 aromatic heterocycles. The van der Waals surface area contributed by atoms with Gasteiger partial charge in [-0.3, -0.25) is 14.8 Å². The van der Waals surface area contributed by atoms with Gasteiger partial charge in [0.1, 0.15) is 18.1 Å². The van der Waals surface area contributed by atoms with E-state index in [0.717, 1.165) is 11.3 Å². The molecule has 0 radical (unpaired) electrons. The van der Waals surface area contributed by atoms with E-state index >= 15 is 0 Å². The fraction of sp³-hybridized carbons (Fsp3) is 0.167. The molecule has 2 heterocycles. The van der Waals surface area contributed by atoms with Crippen LogP contribution in [0.1, 0.15) is 11.3 Å². The second-order valence-corrected chi connectivity index (χ2v) is 5.26. The summed E-state index contributed by atoms with van der Waals surface area (Å²) in [5.41, 5.74) is 1.29. The highest BCUT2D eigenvalue weighted by atomic mass is 16.5. The molecule has 0 amide bonds. The molecule has 0 atom stereocenters. The average Bonchev–Trinajstić information content (AvgIpc) is 2.66. The number of nitrogens with zero attached hydrogens (tertiary/aromatic N) is 2. The molecule has 7 nitrogen and oxygen atoms in total. The first kappa shape index (κ1) is 16.5. The maximum absolute atomic E-state index is 11.8. The summed E-state index contributed by atoms with van der Waals surface area (Å²) in [5, 5.41) is 3.08. The molecule has 3 aromatic rings. The van der Waals surface area contributed by atoms with Gasteiger partial charge in [-0.25, -0.2) is 4.98 Å². The number of pyridine rings is 1. The molecule has 0 unspecified atom stereocenters. The molecule has 0 aliphatic heterocycles. The Morgan fingerprint density at radius 1 is 1.16 bits per heavy atom. The zero-order valence-corrected chi connectivity index (χ0v) is 13.7. The predicted octanol–water partition coefficient (Wildman–Crippen LogP) is 2.36. The lowest BCUT2D eigenvalue weighted by molar-refractivity contribution is 0.300. The number of aromatic amines is 1. The number of hydrogen-bond acceptors (Lipinski definition) is 6.